The predicted molar refractivity (Wildman–Crippen MR) is 92.4 cm³/mol. The highest BCUT2D eigenvalue weighted by Crippen LogP contribution is 2.24. The highest BCUT2D eigenvalue weighted by molar-refractivity contribution is 6.00. The number of phenols is 1. The van der Waals surface area contributed by atoms with Gasteiger partial charge in [-0.05, 0) is 35.4 Å². The molecule has 0 aliphatic carbocycles. The molecular formula is C17H15N5O3. The van der Waals surface area contributed by atoms with E-state index in [0.717, 1.165) is 11.1 Å². The number of anilines is 1. The quantitative estimate of drug-likeness (QED) is 0.577. The molecule has 1 aromatic heterocycles. The number of urea groups is 1. The third kappa shape index (κ3) is 3.42. The van der Waals surface area contributed by atoms with Crippen LogP contribution in [0.4, 0.5) is 10.5 Å². The van der Waals surface area contributed by atoms with Crippen LogP contribution in [0.25, 0.3) is 16.8 Å². The van der Waals surface area contributed by atoms with Gasteiger partial charge in [-0.25, -0.2) is 9.48 Å². The number of phenolic OH excluding ortho intramolecular Hbond substituents is 1. The molecule has 0 saturated heterocycles. The molecule has 0 spiro atoms. The van der Waals surface area contributed by atoms with Gasteiger partial charge in [0.2, 0.25) is 0 Å². The summed E-state index contributed by atoms with van der Waals surface area (Å²) in [6, 6.07) is 13.3. The van der Waals surface area contributed by atoms with Crippen LogP contribution in [-0.4, -0.2) is 26.8 Å². The molecule has 0 fully saturated rings. The summed E-state index contributed by atoms with van der Waals surface area (Å²) in [7, 11) is 0. The molecule has 0 atom stereocenters. The van der Waals surface area contributed by atoms with E-state index in [0.29, 0.717) is 5.69 Å². The van der Waals surface area contributed by atoms with Crippen LogP contribution >= 0.6 is 0 Å². The molecule has 25 heavy (non-hydrogen) atoms. The van der Waals surface area contributed by atoms with Crippen molar-refractivity contribution in [3.05, 3.63) is 60.4 Å². The van der Waals surface area contributed by atoms with Crippen molar-refractivity contribution in [1.82, 2.24) is 9.78 Å². The number of nitrogens with one attached hydrogen (secondary N) is 1. The van der Waals surface area contributed by atoms with Crippen molar-refractivity contribution >= 4 is 17.6 Å². The summed E-state index contributed by atoms with van der Waals surface area (Å²) in [5.41, 5.74) is 13.0. The first-order valence-electron chi connectivity index (χ1n) is 7.30. The average Bonchev–Trinajstić information content (AvgIpc) is 2.99. The van der Waals surface area contributed by atoms with E-state index in [4.69, 9.17) is 11.5 Å². The molecule has 0 radical (unpaired) electrons. The zero-order valence-electron chi connectivity index (χ0n) is 13.0. The van der Waals surface area contributed by atoms with E-state index < -0.39 is 11.9 Å². The standard InChI is InChI=1S/C17H15N5O3/c18-16(24)15-14(20-17(19)25)9-22(21-15)12-5-1-10(2-6-12)11-3-7-13(23)8-4-11/h1-9,23H,(H2,18,24)(H3,19,20,25). The number of nitrogens with zero attached hydrogens (tertiary/aromatic N) is 2. The van der Waals surface area contributed by atoms with Crippen molar-refractivity contribution in [2.75, 3.05) is 5.32 Å². The number of rotatable bonds is 4. The van der Waals surface area contributed by atoms with Gasteiger partial charge in [-0.1, -0.05) is 24.3 Å². The van der Waals surface area contributed by atoms with Gasteiger partial charge in [0.1, 0.15) is 5.75 Å². The van der Waals surface area contributed by atoms with Crippen LogP contribution in [-0.2, 0) is 0 Å². The van der Waals surface area contributed by atoms with Crippen LogP contribution in [0, 0.1) is 0 Å². The monoisotopic (exact) mass is 337 g/mol. The predicted octanol–water partition coefficient (Wildman–Crippen LogP) is 1.83. The number of hydrogen-bond acceptors (Lipinski definition) is 4. The first kappa shape index (κ1) is 16.1. The number of primary amides is 2. The lowest BCUT2D eigenvalue weighted by atomic mass is 10.1. The van der Waals surface area contributed by atoms with Gasteiger partial charge < -0.3 is 21.9 Å². The van der Waals surface area contributed by atoms with Crippen LogP contribution in [0.5, 0.6) is 5.75 Å². The minimum atomic E-state index is -0.815. The van der Waals surface area contributed by atoms with Crippen LogP contribution in [0.1, 0.15) is 10.5 Å². The van der Waals surface area contributed by atoms with Gasteiger partial charge in [-0.2, -0.15) is 5.10 Å². The summed E-state index contributed by atoms with van der Waals surface area (Å²) >= 11 is 0. The normalized spacial score (nSPS) is 10.4. The number of carbonyl (C=O) groups excluding carboxylic acids is 2. The molecule has 0 aliphatic heterocycles. The number of aromatic hydroxyl groups is 1. The fourth-order valence-corrected chi connectivity index (χ4v) is 2.37. The minimum Gasteiger partial charge on any atom is -0.508 e. The fraction of sp³-hybridized carbons (Fsp3) is 0. The Morgan fingerprint density at radius 2 is 1.52 bits per heavy atom. The smallest absolute Gasteiger partial charge is 0.316 e. The molecular weight excluding hydrogens is 322 g/mol. The molecule has 0 saturated carbocycles. The molecule has 0 aliphatic rings. The van der Waals surface area contributed by atoms with Crippen molar-refractivity contribution in [2.24, 2.45) is 11.5 Å². The molecule has 1 heterocycles. The Kier molecular flexibility index (Phi) is 4.09. The second-order valence-electron chi connectivity index (χ2n) is 5.28. The first-order valence-corrected chi connectivity index (χ1v) is 7.30. The molecule has 0 unspecified atom stereocenters. The Balaban J connectivity index is 1.93. The maximum Gasteiger partial charge on any atom is 0.316 e. The van der Waals surface area contributed by atoms with Crippen molar-refractivity contribution < 1.29 is 14.7 Å². The van der Waals surface area contributed by atoms with Gasteiger partial charge in [0.15, 0.2) is 5.69 Å². The third-order valence-electron chi connectivity index (χ3n) is 3.54. The fourth-order valence-electron chi connectivity index (χ4n) is 2.37. The Bertz CT molecular complexity index is 930. The van der Waals surface area contributed by atoms with Crippen LogP contribution in [0.3, 0.4) is 0 Å². The topological polar surface area (TPSA) is 136 Å². The van der Waals surface area contributed by atoms with Gasteiger partial charge in [0.25, 0.3) is 5.91 Å². The molecule has 8 heteroatoms. The summed E-state index contributed by atoms with van der Waals surface area (Å²) in [6.45, 7) is 0. The van der Waals surface area contributed by atoms with E-state index in [-0.39, 0.29) is 17.1 Å². The molecule has 3 aromatic rings. The zero-order valence-corrected chi connectivity index (χ0v) is 13.0. The van der Waals surface area contributed by atoms with E-state index in [9.17, 15) is 14.7 Å². The lowest BCUT2D eigenvalue weighted by Gasteiger charge is -2.05. The van der Waals surface area contributed by atoms with Gasteiger partial charge >= 0.3 is 6.03 Å². The number of nitrogens with two attached hydrogens (primary N) is 2. The Morgan fingerprint density at radius 1 is 0.960 bits per heavy atom. The van der Waals surface area contributed by atoms with Gasteiger partial charge in [0, 0.05) is 0 Å². The summed E-state index contributed by atoms with van der Waals surface area (Å²) in [5, 5.41) is 15.7. The molecule has 8 nitrogen and oxygen atoms in total. The van der Waals surface area contributed by atoms with Gasteiger partial charge in [-0.15, -0.1) is 0 Å². The number of carbonyl (C=O) groups is 2. The summed E-state index contributed by atoms with van der Waals surface area (Å²) in [6.07, 6.45) is 1.46. The zero-order chi connectivity index (χ0) is 18.0. The first-order chi connectivity index (χ1) is 11.9. The third-order valence-corrected chi connectivity index (χ3v) is 3.54. The van der Waals surface area contributed by atoms with Gasteiger partial charge in [0.05, 0.1) is 17.6 Å². The van der Waals surface area contributed by atoms with Crippen LogP contribution in [0.15, 0.2) is 54.7 Å². The number of aromatic nitrogens is 2. The van der Waals surface area contributed by atoms with Crippen molar-refractivity contribution in [3.8, 4) is 22.6 Å². The van der Waals surface area contributed by atoms with E-state index in [1.165, 1.54) is 10.9 Å². The Labute approximate surface area is 142 Å². The Hall–Kier alpha value is -3.81. The number of hydrogen-bond donors (Lipinski definition) is 4. The Morgan fingerprint density at radius 3 is 2.04 bits per heavy atom. The van der Waals surface area contributed by atoms with Crippen LogP contribution < -0.4 is 16.8 Å². The van der Waals surface area contributed by atoms with E-state index >= 15 is 0 Å². The molecule has 3 amide bonds. The maximum atomic E-state index is 11.4. The summed E-state index contributed by atoms with van der Waals surface area (Å²) in [4.78, 5) is 22.5. The van der Waals surface area contributed by atoms with Crippen molar-refractivity contribution in [3.63, 3.8) is 0 Å². The minimum absolute atomic E-state index is 0.0820. The lowest BCUT2D eigenvalue weighted by Crippen LogP contribution is -2.22. The highest BCUT2D eigenvalue weighted by Gasteiger charge is 2.16. The van der Waals surface area contributed by atoms with E-state index in [1.54, 1.807) is 36.4 Å². The number of amides is 3. The molecule has 3 rings (SSSR count). The largest absolute Gasteiger partial charge is 0.508 e. The van der Waals surface area contributed by atoms with Crippen LogP contribution in [0.2, 0.25) is 0 Å². The molecule has 0 bridgehead atoms. The average molecular weight is 337 g/mol. The molecule has 6 N–H and O–H groups in total. The second-order valence-corrected chi connectivity index (χ2v) is 5.28. The highest BCUT2D eigenvalue weighted by atomic mass is 16.3. The lowest BCUT2D eigenvalue weighted by molar-refractivity contribution is 0.0996. The summed E-state index contributed by atoms with van der Waals surface area (Å²) < 4.78 is 1.42. The van der Waals surface area contributed by atoms with Gasteiger partial charge in [-0.3, -0.25) is 4.79 Å². The SMILES string of the molecule is NC(=O)Nc1cn(-c2ccc(-c3ccc(O)cc3)cc2)nc1C(N)=O. The van der Waals surface area contributed by atoms with E-state index in [1.807, 2.05) is 12.1 Å². The molecule has 126 valence electrons. The van der Waals surface area contributed by atoms with E-state index in [2.05, 4.69) is 10.4 Å². The number of benzene rings is 2. The maximum absolute atomic E-state index is 11.4. The summed E-state index contributed by atoms with van der Waals surface area (Å²) in [5.74, 6) is -0.575. The van der Waals surface area contributed by atoms with Crippen molar-refractivity contribution in [1.29, 1.82) is 0 Å². The van der Waals surface area contributed by atoms with Crippen molar-refractivity contribution in [2.45, 2.75) is 0 Å². The molecule has 2 aromatic carbocycles. The second kappa shape index (κ2) is 6.36.